The van der Waals surface area contributed by atoms with Gasteiger partial charge in [-0.05, 0) is 19.4 Å². The number of hydrogen-bond donors (Lipinski definition) is 0. The molecule has 0 bridgehead atoms. The first-order valence-electron chi connectivity index (χ1n) is 9.92. The van der Waals surface area contributed by atoms with Gasteiger partial charge in [0.05, 0.1) is 0 Å². The van der Waals surface area contributed by atoms with E-state index in [0.29, 0.717) is 49.1 Å². The topological polar surface area (TPSA) is 88.7 Å². The Hall–Kier alpha value is -2.90. The standard InChI is InChI=1S/C21H26N4O4/c1-13(2)18-22-17(14(3)29-18)20(28)25-11-21(12-25)6-8-24(10-21)19(27)15-5-7-23(4)16(26)9-15/h5,7,9,13H,6,8,10-12H2,1-4H3. The van der Waals surface area contributed by atoms with Crippen molar-refractivity contribution < 1.29 is 14.0 Å². The minimum atomic E-state index is -0.200. The summed E-state index contributed by atoms with van der Waals surface area (Å²) in [5.74, 6) is 1.02. The first-order valence-corrected chi connectivity index (χ1v) is 9.92. The Morgan fingerprint density at radius 2 is 1.86 bits per heavy atom. The van der Waals surface area contributed by atoms with E-state index in [4.69, 9.17) is 4.42 Å². The highest BCUT2D eigenvalue weighted by molar-refractivity contribution is 5.95. The smallest absolute Gasteiger partial charge is 0.276 e. The summed E-state index contributed by atoms with van der Waals surface area (Å²) in [5, 5.41) is 0. The van der Waals surface area contributed by atoms with Gasteiger partial charge in [-0.3, -0.25) is 14.4 Å². The number of hydrogen-bond acceptors (Lipinski definition) is 5. The summed E-state index contributed by atoms with van der Waals surface area (Å²) >= 11 is 0. The van der Waals surface area contributed by atoms with Crippen LogP contribution in [-0.4, -0.2) is 57.3 Å². The first kappa shape index (κ1) is 19.4. The summed E-state index contributed by atoms with van der Waals surface area (Å²) < 4.78 is 7.05. The molecule has 8 heteroatoms. The first-order chi connectivity index (χ1) is 13.7. The second kappa shape index (κ2) is 6.86. The molecule has 0 aliphatic carbocycles. The van der Waals surface area contributed by atoms with E-state index in [1.165, 1.54) is 10.6 Å². The summed E-state index contributed by atoms with van der Waals surface area (Å²) in [6, 6.07) is 3.05. The van der Waals surface area contributed by atoms with Gasteiger partial charge >= 0.3 is 0 Å². The molecule has 2 fully saturated rings. The van der Waals surface area contributed by atoms with Crippen LogP contribution >= 0.6 is 0 Å². The largest absolute Gasteiger partial charge is 0.445 e. The normalized spacial score (nSPS) is 17.8. The van der Waals surface area contributed by atoms with E-state index < -0.39 is 0 Å². The molecule has 0 atom stereocenters. The molecule has 1 spiro atoms. The molecule has 2 aromatic heterocycles. The molecule has 0 N–H and O–H groups in total. The van der Waals surface area contributed by atoms with Crippen LogP contribution in [0.25, 0.3) is 0 Å². The summed E-state index contributed by atoms with van der Waals surface area (Å²) in [5.41, 5.74) is 0.532. The van der Waals surface area contributed by atoms with Gasteiger partial charge in [0, 0.05) is 62.4 Å². The van der Waals surface area contributed by atoms with Crippen molar-refractivity contribution in [3.05, 3.63) is 51.6 Å². The van der Waals surface area contributed by atoms with Crippen LogP contribution in [0.5, 0.6) is 0 Å². The number of nitrogens with zero attached hydrogens (tertiary/aromatic N) is 4. The SMILES string of the molecule is Cc1oc(C(C)C)nc1C(=O)N1CC2(CCN(C(=O)c3ccn(C)c(=O)c3)C2)C1. The van der Waals surface area contributed by atoms with Gasteiger partial charge < -0.3 is 18.8 Å². The summed E-state index contributed by atoms with van der Waals surface area (Å²) in [4.78, 5) is 45.3. The molecule has 4 heterocycles. The van der Waals surface area contributed by atoms with Crippen LogP contribution in [0, 0.1) is 12.3 Å². The lowest BCUT2D eigenvalue weighted by Gasteiger charge is -2.47. The molecular formula is C21H26N4O4. The number of amides is 2. The van der Waals surface area contributed by atoms with E-state index >= 15 is 0 Å². The zero-order valence-corrected chi connectivity index (χ0v) is 17.3. The lowest BCUT2D eigenvalue weighted by atomic mass is 9.79. The number of pyridine rings is 1. The monoisotopic (exact) mass is 398 g/mol. The van der Waals surface area contributed by atoms with Crippen LogP contribution in [0.15, 0.2) is 27.5 Å². The number of aryl methyl sites for hydroxylation is 2. The molecule has 0 aromatic carbocycles. The number of carbonyl (C=O) groups is 2. The van der Waals surface area contributed by atoms with Gasteiger partial charge in [0.2, 0.25) is 0 Å². The fraction of sp³-hybridized carbons (Fsp3) is 0.524. The fourth-order valence-corrected chi connectivity index (χ4v) is 4.15. The molecule has 0 unspecified atom stereocenters. The summed E-state index contributed by atoms with van der Waals surface area (Å²) in [6.45, 7) is 8.17. The molecule has 2 saturated heterocycles. The van der Waals surface area contributed by atoms with Crippen molar-refractivity contribution in [3.8, 4) is 0 Å². The van der Waals surface area contributed by atoms with Crippen LogP contribution < -0.4 is 5.56 Å². The third kappa shape index (κ3) is 3.36. The number of oxazole rings is 1. The number of rotatable bonds is 3. The Bertz CT molecular complexity index is 1030. The highest BCUT2D eigenvalue weighted by Gasteiger charge is 2.51. The highest BCUT2D eigenvalue weighted by atomic mass is 16.4. The Kier molecular flexibility index (Phi) is 4.59. The molecule has 0 saturated carbocycles. The van der Waals surface area contributed by atoms with E-state index in [-0.39, 0.29) is 28.7 Å². The van der Waals surface area contributed by atoms with Gasteiger partial charge in [0.25, 0.3) is 17.4 Å². The van der Waals surface area contributed by atoms with Gasteiger partial charge in [0.1, 0.15) is 5.76 Å². The van der Waals surface area contributed by atoms with Crippen molar-refractivity contribution in [2.75, 3.05) is 26.2 Å². The fourth-order valence-electron chi connectivity index (χ4n) is 4.15. The van der Waals surface area contributed by atoms with E-state index in [2.05, 4.69) is 4.98 Å². The average molecular weight is 398 g/mol. The zero-order chi connectivity index (χ0) is 20.9. The molecule has 0 radical (unpaired) electrons. The Morgan fingerprint density at radius 3 is 2.48 bits per heavy atom. The predicted molar refractivity (Wildman–Crippen MR) is 106 cm³/mol. The molecule has 29 heavy (non-hydrogen) atoms. The van der Waals surface area contributed by atoms with Crippen molar-refractivity contribution >= 4 is 11.8 Å². The van der Waals surface area contributed by atoms with E-state index in [0.717, 1.165) is 6.42 Å². The molecule has 154 valence electrons. The molecule has 2 amide bonds. The lowest BCUT2D eigenvalue weighted by Crippen LogP contribution is -2.59. The van der Waals surface area contributed by atoms with E-state index in [9.17, 15) is 14.4 Å². The number of carbonyl (C=O) groups excluding carboxylic acids is 2. The van der Waals surface area contributed by atoms with Crippen LogP contribution in [0.4, 0.5) is 0 Å². The van der Waals surface area contributed by atoms with Crippen LogP contribution in [0.1, 0.15) is 58.7 Å². The third-order valence-corrected chi connectivity index (χ3v) is 5.93. The summed E-state index contributed by atoms with van der Waals surface area (Å²) in [6.07, 6.45) is 2.46. The maximum absolute atomic E-state index is 12.8. The average Bonchev–Trinajstić information content (AvgIpc) is 3.26. The maximum atomic E-state index is 12.8. The molecular weight excluding hydrogens is 372 g/mol. The molecule has 2 aliphatic rings. The van der Waals surface area contributed by atoms with Crippen molar-refractivity contribution in [2.45, 2.75) is 33.1 Å². The van der Waals surface area contributed by atoms with E-state index in [1.807, 2.05) is 13.8 Å². The minimum absolute atomic E-state index is 0.0659. The van der Waals surface area contributed by atoms with Gasteiger partial charge in [-0.2, -0.15) is 0 Å². The Morgan fingerprint density at radius 1 is 1.17 bits per heavy atom. The van der Waals surface area contributed by atoms with Crippen molar-refractivity contribution in [2.24, 2.45) is 12.5 Å². The van der Waals surface area contributed by atoms with Gasteiger partial charge in [-0.15, -0.1) is 0 Å². The molecule has 8 nitrogen and oxygen atoms in total. The van der Waals surface area contributed by atoms with Gasteiger partial charge in [0.15, 0.2) is 11.6 Å². The highest BCUT2D eigenvalue weighted by Crippen LogP contribution is 2.40. The number of likely N-dealkylation sites (tertiary alicyclic amines) is 2. The minimum Gasteiger partial charge on any atom is -0.445 e. The van der Waals surface area contributed by atoms with Crippen LogP contribution in [-0.2, 0) is 7.05 Å². The molecule has 4 rings (SSSR count). The second-order valence-electron chi connectivity index (χ2n) is 8.61. The predicted octanol–water partition coefficient (Wildman–Crippen LogP) is 1.79. The maximum Gasteiger partial charge on any atom is 0.276 e. The Balaban J connectivity index is 1.40. The van der Waals surface area contributed by atoms with Gasteiger partial charge in [-0.1, -0.05) is 13.8 Å². The lowest BCUT2D eigenvalue weighted by molar-refractivity contribution is 0.0105. The van der Waals surface area contributed by atoms with Crippen molar-refractivity contribution in [3.63, 3.8) is 0 Å². The van der Waals surface area contributed by atoms with Crippen LogP contribution in [0.2, 0.25) is 0 Å². The molecule has 2 aromatic rings. The summed E-state index contributed by atoms with van der Waals surface area (Å²) in [7, 11) is 1.65. The second-order valence-corrected chi connectivity index (χ2v) is 8.61. The van der Waals surface area contributed by atoms with Crippen molar-refractivity contribution in [1.29, 1.82) is 0 Å². The van der Waals surface area contributed by atoms with E-state index in [1.54, 1.807) is 36.0 Å². The van der Waals surface area contributed by atoms with Crippen LogP contribution in [0.3, 0.4) is 0 Å². The van der Waals surface area contributed by atoms with Gasteiger partial charge in [-0.25, -0.2) is 4.98 Å². The molecule has 2 aliphatic heterocycles. The number of aromatic nitrogens is 2. The van der Waals surface area contributed by atoms with Crippen molar-refractivity contribution in [1.82, 2.24) is 19.4 Å². The third-order valence-electron chi connectivity index (χ3n) is 5.93. The zero-order valence-electron chi connectivity index (χ0n) is 17.3. The quantitative estimate of drug-likeness (QED) is 0.787. The Labute approximate surface area is 169 Å².